The molecule has 2 amide bonds. The zero-order chi connectivity index (χ0) is 19.0. The maximum absolute atomic E-state index is 12.8. The minimum Gasteiger partial charge on any atom is -0.459 e. The minimum absolute atomic E-state index is 0.00605. The highest BCUT2D eigenvalue weighted by atomic mass is 16.5. The van der Waals surface area contributed by atoms with Gasteiger partial charge in [0.25, 0.3) is 0 Å². The van der Waals surface area contributed by atoms with Gasteiger partial charge in [-0.3, -0.25) is 14.5 Å². The summed E-state index contributed by atoms with van der Waals surface area (Å²) in [7, 11) is 0. The standard InChI is InChI=1S/C22H25NO4/c1-14-7-12-18-19(13-14)21(25)23(20(18)24)16-10-8-15(9-11-16)22(26)27-17-5-3-2-4-6-17/h7-11,17-19H,2-6,12-13H2,1H3. The Bertz CT molecular complexity index is 789. The van der Waals surface area contributed by atoms with Crippen LogP contribution in [0.4, 0.5) is 5.69 Å². The molecule has 1 heterocycles. The van der Waals surface area contributed by atoms with E-state index in [-0.39, 0.29) is 35.7 Å². The van der Waals surface area contributed by atoms with Crippen LogP contribution in [-0.2, 0) is 14.3 Å². The first-order chi connectivity index (χ1) is 13.0. The van der Waals surface area contributed by atoms with Gasteiger partial charge in [0.2, 0.25) is 11.8 Å². The van der Waals surface area contributed by atoms with Gasteiger partial charge in [0.05, 0.1) is 23.1 Å². The summed E-state index contributed by atoms with van der Waals surface area (Å²) in [6.07, 6.45) is 8.61. The fraction of sp³-hybridized carbons (Fsp3) is 0.500. The summed E-state index contributed by atoms with van der Waals surface area (Å²) in [6, 6.07) is 6.63. The fourth-order valence-corrected chi connectivity index (χ4v) is 4.44. The van der Waals surface area contributed by atoms with Gasteiger partial charge in [0, 0.05) is 0 Å². The lowest BCUT2D eigenvalue weighted by Crippen LogP contribution is -2.30. The van der Waals surface area contributed by atoms with Crippen molar-refractivity contribution in [2.45, 2.75) is 58.0 Å². The van der Waals surface area contributed by atoms with E-state index in [9.17, 15) is 14.4 Å². The molecule has 2 atom stereocenters. The summed E-state index contributed by atoms with van der Waals surface area (Å²) in [5, 5.41) is 0. The van der Waals surface area contributed by atoms with Gasteiger partial charge in [-0.1, -0.05) is 18.1 Å². The molecule has 0 spiro atoms. The number of esters is 1. The summed E-state index contributed by atoms with van der Waals surface area (Å²) in [6.45, 7) is 2.00. The van der Waals surface area contributed by atoms with Crippen LogP contribution in [-0.4, -0.2) is 23.9 Å². The monoisotopic (exact) mass is 367 g/mol. The van der Waals surface area contributed by atoms with Crippen molar-refractivity contribution in [1.29, 1.82) is 0 Å². The zero-order valence-electron chi connectivity index (χ0n) is 15.6. The highest BCUT2D eigenvalue weighted by molar-refractivity contribution is 6.22. The van der Waals surface area contributed by atoms with Crippen molar-refractivity contribution in [3.8, 4) is 0 Å². The lowest BCUT2D eigenvalue weighted by atomic mass is 9.82. The van der Waals surface area contributed by atoms with E-state index >= 15 is 0 Å². The number of hydrogen-bond acceptors (Lipinski definition) is 4. The van der Waals surface area contributed by atoms with Gasteiger partial charge in [-0.05, 0) is 69.7 Å². The van der Waals surface area contributed by atoms with Crippen LogP contribution >= 0.6 is 0 Å². The van der Waals surface area contributed by atoms with Gasteiger partial charge in [0.1, 0.15) is 6.10 Å². The van der Waals surface area contributed by atoms with E-state index in [1.807, 2.05) is 6.92 Å². The Balaban J connectivity index is 1.47. The van der Waals surface area contributed by atoms with Gasteiger partial charge in [-0.25, -0.2) is 4.79 Å². The number of ether oxygens (including phenoxy) is 1. The van der Waals surface area contributed by atoms with E-state index in [0.717, 1.165) is 25.7 Å². The first-order valence-corrected chi connectivity index (χ1v) is 9.89. The summed E-state index contributed by atoms with van der Waals surface area (Å²) in [4.78, 5) is 39.1. The van der Waals surface area contributed by atoms with E-state index < -0.39 is 0 Å². The number of carbonyl (C=O) groups is 3. The molecule has 1 aromatic carbocycles. The van der Waals surface area contributed by atoms with Crippen LogP contribution in [0.2, 0.25) is 0 Å². The second-order valence-electron chi connectivity index (χ2n) is 7.93. The Labute approximate surface area is 159 Å². The summed E-state index contributed by atoms with van der Waals surface area (Å²) in [5.41, 5.74) is 2.16. The molecule has 1 aromatic rings. The molecule has 2 aliphatic carbocycles. The number of nitrogens with zero attached hydrogens (tertiary/aromatic N) is 1. The number of carbonyl (C=O) groups excluding carboxylic acids is 3. The van der Waals surface area contributed by atoms with Crippen LogP contribution in [0.15, 0.2) is 35.9 Å². The number of benzene rings is 1. The van der Waals surface area contributed by atoms with Crippen LogP contribution < -0.4 is 4.90 Å². The van der Waals surface area contributed by atoms with E-state index in [4.69, 9.17) is 4.74 Å². The smallest absolute Gasteiger partial charge is 0.338 e. The molecular formula is C22H25NO4. The molecule has 1 saturated heterocycles. The molecule has 5 heteroatoms. The first-order valence-electron chi connectivity index (χ1n) is 9.89. The molecule has 2 fully saturated rings. The summed E-state index contributed by atoms with van der Waals surface area (Å²) < 4.78 is 5.58. The fourth-order valence-electron chi connectivity index (χ4n) is 4.44. The molecule has 0 bridgehead atoms. The predicted octanol–water partition coefficient (Wildman–Crippen LogP) is 4.02. The molecule has 0 radical (unpaired) electrons. The van der Waals surface area contributed by atoms with Gasteiger partial charge in [0.15, 0.2) is 0 Å². The molecule has 5 nitrogen and oxygen atoms in total. The average Bonchev–Trinajstić information content (AvgIpc) is 2.92. The Morgan fingerprint density at radius 2 is 1.67 bits per heavy atom. The zero-order valence-corrected chi connectivity index (χ0v) is 15.6. The maximum Gasteiger partial charge on any atom is 0.338 e. The van der Waals surface area contributed by atoms with E-state index in [1.54, 1.807) is 24.3 Å². The van der Waals surface area contributed by atoms with Crippen molar-refractivity contribution in [3.05, 3.63) is 41.5 Å². The molecule has 4 rings (SSSR count). The Kier molecular flexibility index (Phi) is 4.85. The van der Waals surface area contributed by atoms with Crippen molar-refractivity contribution in [1.82, 2.24) is 0 Å². The molecule has 0 aromatic heterocycles. The molecule has 3 aliphatic rings. The van der Waals surface area contributed by atoms with Crippen molar-refractivity contribution >= 4 is 23.5 Å². The molecular weight excluding hydrogens is 342 g/mol. The van der Waals surface area contributed by atoms with Crippen molar-refractivity contribution in [2.75, 3.05) is 4.90 Å². The van der Waals surface area contributed by atoms with Gasteiger partial charge in [-0.15, -0.1) is 0 Å². The normalized spacial score (nSPS) is 26.0. The van der Waals surface area contributed by atoms with Gasteiger partial charge >= 0.3 is 5.97 Å². The second kappa shape index (κ2) is 7.29. The number of rotatable bonds is 3. The molecule has 0 N–H and O–H groups in total. The number of imide groups is 1. The van der Waals surface area contributed by atoms with E-state index in [1.165, 1.54) is 16.9 Å². The number of anilines is 1. The molecule has 1 aliphatic heterocycles. The summed E-state index contributed by atoms with van der Waals surface area (Å²) in [5.74, 6) is -1.10. The third-order valence-electron chi connectivity index (χ3n) is 6.01. The SMILES string of the molecule is CC1=CCC2C(=O)N(c3ccc(C(=O)OC4CCCCC4)cc3)C(=O)C2C1. The number of allylic oxidation sites excluding steroid dienone is 2. The van der Waals surface area contributed by atoms with Crippen molar-refractivity contribution < 1.29 is 19.1 Å². The average molecular weight is 367 g/mol. The quantitative estimate of drug-likeness (QED) is 0.460. The Morgan fingerprint density at radius 1 is 1.00 bits per heavy atom. The predicted molar refractivity (Wildman–Crippen MR) is 101 cm³/mol. The lowest BCUT2D eigenvalue weighted by molar-refractivity contribution is -0.122. The molecule has 27 heavy (non-hydrogen) atoms. The molecule has 1 saturated carbocycles. The number of hydrogen-bond donors (Lipinski definition) is 0. The van der Waals surface area contributed by atoms with Gasteiger partial charge in [-0.2, -0.15) is 0 Å². The number of amides is 2. The highest BCUT2D eigenvalue weighted by Crippen LogP contribution is 2.39. The second-order valence-corrected chi connectivity index (χ2v) is 7.93. The highest BCUT2D eigenvalue weighted by Gasteiger charge is 2.48. The van der Waals surface area contributed by atoms with Crippen LogP contribution in [0.5, 0.6) is 0 Å². The first kappa shape index (κ1) is 18.0. The Hall–Kier alpha value is -2.43. The molecule has 2 unspecified atom stereocenters. The van der Waals surface area contributed by atoms with Crippen LogP contribution in [0, 0.1) is 11.8 Å². The topological polar surface area (TPSA) is 63.7 Å². The Morgan fingerprint density at radius 3 is 2.37 bits per heavy atom. The molecule has 142 valence electrons. The third kappa shape index (κ3) is 3.43. The maximum atomic E-state index is 12.8. The van der Waals surface area contributed by atoms with Crippen molar-refractivity contribution in [2.24, 2.45) is 11.8 Å². The summed E-state index contributed by atoms with van der Waals surface area (Å²) >= 11 is 0. The van der Waals surface area contributed by atoms with Crippen molar-refractivity contribution in [3.63, 3.8) is 0 Å². The van der Waals surface area contributed by atoms with E-state index in [2.05, 4.69) is 6.08 Å². The van der Waals surface area contributed by atoms with Gasteiger partial charge < -0.3 is 4.74 Å². The van der Waals surface area contributed by atoms with Crippen LogP contribution in [0.25, 0.3) is 0 Å². The third-order valence-corrected chi connectivity index (χ3v) is 6.01. The van der Waals surface area contributed by atoms with E-state index in [0.29, 0.717) is 24.1 Å². The minimum atomic E-state index is -0.332. The largest absolute Gasteiger partial charge is 0.459 e. The lowest BCUT2D eigenvalue weighted by Gasteiger charge is -2.22. The number of fused-ring (bicyclic) bond motifs is 1. The van der Waals surface area contributed by atoms with Crippen LogP contribution in [0.3, 0.4) is 0 Å². The van der Waals surface area contributed by atoms with Crippen LogP contribution in [0.1, 0.15) is 62.2 Å².